The largest absolute Gasteiger partial charge is 0.494 e. The van der Waals surface area contributed by atoms with Gasteiger partial charge in [0.1, 0.15) is 5.75 Å². The van der Waals surface area contributed by atoms with E-state index in [4.69, 9.17) is 40.2 Å². The van der Waals surface area contributed by atoms with Gasteiger partial charge in [0.15, 0.2) is 4.77 Å². The second-order valence-electron chi connectivity index (χ2n) is 5.56. The summed E-state index contributed by atoms with van der Waals surface area (Å²) in [5, 5.41) is 0.738. The minimum Gasteiger partial charge on any atom is -0.494 e. The van der Waals surface area contributed by atoms with Crippen LogP contribution in [-0.4, -0.2) is 22.1 Å². The highest BCUT2D eigenvalue weighted by atomic mass is 35.5. The fourth-order valence-corrected chi connectivity index (χ4v) is 3.28. The van der Waals surface area contributed by atoms with Crippen LogP contribution in [0.2, 0.25) is 10.0 Å². The van der Waals surface area contributed by atoms with Crippen molar-refractivity contribution in [2.75, 3.05) is 6.61 Å². The Hall–Kier alpha value is -2.15. The summed E-state index contributed by atoms with van der Waals surface area (Å²) in [5.41, 5.74) is 0.0748. The summed E-state index contributed by atoms with van der Waals surface area (Å²) in [5.74, 6) is 0.106. The predicted molar refractivity (Wildman–Crippen MR) is 105 cm³/mol. The van der Waals surface area contributed by atoms with Crippen LogP contribution in [0.5, 0.6) is 5.75 Å². The monoisotopic (exact) mass is 408 g/mol. The van der Waals surface area contributed by atoms with E-state index in [0.29, 0.717) is 28.5 Å². The number of nitrogens with zero attached hydrogens (tertiary/aromatic N) is 1. The summed E-state index contributed by atoms with van der Waals surface area (Å²) in [6.07, 6.45) is 0.882. The van der Waals surface area contributed by atoms with Gasteiger partial charge in [-0.05, 0) is 55.0 Å². The molecule has 1 heterocycles. The van der Waals surface area contributed by atoms with Crippen molar-refractivity contribution in [1.29, 1.82) is 0 Å². The summed E-state index contributed by atoms with van der Waals surface area (Å²) in [7, 11) is 0. The number of rotatable bonds is 4. The van der Waals surface area contributed by atoms with Crippen LogP contribution in [0.25, 0.3) is 10.9 Å². The van der Waals surface area contributed by atoms with Crippen molar-refractivity contribution in [2.45, 2.75) is 13.3 Å². The normalized spacial score (nSPS) is 10.9. The number of carbonyl (C=O) groups excluding carboxylic acids is 1. The molecule has 0 amide bonds. The molecule has 1 N–H and O–H groups in total. The van der Waals surface area contributed by atoms with Crippen molar-refractivity contribution in [3.8, 4) is 5.75 Å². The third-order valence-corrected chi connectivity index (χ3v) is 4.50. The van der Waals surface area contributed by atoms with E-state index in [1.54, 1.807) is 24.3 Å². The number of hydrogen-bond acceptors (Lipinski definition) is 4. The SMILES string of the molecule is CCCOc1ccc(C(=O)n2c(=S)[nH]c3c(Cl)cc(Cl)cc3c2=O)cc1. The molecule has 5 nitrogen and oxygen atoms in total. The number of nitrogens with one attached hydrogen (secondary N) is 1. The zero-order valence-electron chi connectivity index (χ0n) is 13.7. The smallest absolute Gasteiger partial charge is 0.269 e. The summed E-state index contributed by atoms with van der Waals surface area (Å²) >= 11 is 17.3. The van der Waals surface area contributed by atoms with E-state index in [1.807, 2.05) is 6.92 Å². The summed E-state index contributed by atoms with van der Waals surface area (Å²) in [6, 6.07) is 9.47. The maximum Gasteiger partial charge on any atom is 0.269 e. The number of ether oxygens (including phenoxy) is 1. The van der Waals surface area contributed by atoms with Gasteiger partial charge in [-0.2, -0.15) is 0 Å². The van der Waals surface area contributed by atoms with Crippen LogP contribution in [0, 0.1) is 4.77 Å². The molecule has 0 aliphatic carbocycles. The maximum absolute atomic E-state index is 12.8. The first kappa shape index (κ1) is 18.6. The van der Waals surface area contributed by atoms with Crippen molar-refractivity contribution in [2.24, 2.45) is 0 Å². The van der Waals surface area contributed by atoms with E-state index in [1.165, 1.54) is 12.1 Å². The van der Waals surface area contributed by atoms with Crippen LogP contribution in [-0.2, 0) is 0 Å². The lowest BCUT2D eigenvalue weighted by Crippen LogP contribution is -2.29. The molecule has 1 aromatic heterocycles. The van der Waals surface area contributed by atoms with Gasteiger partial charge in [0.25, 0.3) is 11.5 Å². The summed E-state index contributed by atoms with van der Waals surface area (Å²) in [6.45, 7) is 2.59. The van der Waals surface area contributed by atoms with Crippen LogP contribution < -0.4 is 10.3 Å². The molecule has 0 saturated heterocycles. The van der Waals surface area contributed by atoms with E-state index >= 15 is 0 Å². The first-order valence-electron chi connectivity index (χ1n) is 7.84. The lowest BCUT2D eigenvalue weighted by atomic mass is 10.2. The third-order valence-electron chi connectivity index (χ3n) is 3.70. The number of aromatic nitrogens is 2. The average molecular weight is 409 g/mol. The zero-order chi connectivity index (χ0) is 18.8. The van der Waals surface area contributed by atoms with Crippen molar-refractivity contribution in [3.05, 3.63) is 67.1 Å². The van der Waals surface area contributed by atoms with E-state index in [-0.39, 0.29) is 15.2 Å². The van der Waals surface area contributed by atoms with Crippen LogP contribution in [0.1, 0.15) is 23.7 Å². The Morgan fingerprint density at radius 3 is 2.58 bits per heavy atom. The van der Waals surface area contributed by atoms with Gasteiger partial charge < -0.3 is 9.72 Å². The minimum absolute atomic E-state index is 0.0389. The molecule has 0 aliphatic rings. The average Bonchev–Trinajstić information content (AvgIpc) is 2.61. The van der Waals surface area contributed by atoms with Crippen molar-refractivity contribution in [1.82, 2.24) is 9.55 Å². The zero-order valence-corrected chi connectivity index (χ0v) is 16.0. The van der Waals surface area contributed by atoms with Gasteiger partial charge in [-0.3, -0.25) is 9.59 Å². The van der Waals surface area contributed by atoms with Gasteiger partial charge in [0, 0.05) is 10.6 Å². The van der Waals surface area contributed by atoms with Crippen LogP contribution in [0.4, 0.5) is 0 Å². The van der Waals surface area contributed by atoms with Crippen LogP contribution in [0.3, 0.4) is 0 Å². The Bertz CT molecular complexity index is 1100. The summed E-state index contributed by atoms with van der Waals surface area (Å²) in [4.78, 5) is 28.4. The molecule has 0 aliphatic heterocycles. The number of benzene rings is 2. The molecule has 0 fully saturated rings. The van der Waals surface area contributed by atoms with E-state index in [0.717, 1.165) is 11.0 Å². The molecule has 134 valence electrons. The van der Waals surface area contributed by atoms with E-state index in [9.17, 15) is 9.59 Å². The fraction of sp³-hybridized carbons (Fsp3) is 0.167. The molecule has 0 atom stereocenters. The lowest BCUT2D eigenvalue weighted by molar-refractivity contribution is 0.0953. The number of aromatic amines is 1. The fourth-order valence-electron chi connectivity index (χ4n) is 2.47. The number of hydrogen-bond donors (Lipinski definition) is 1. The number of halogens is 2. The quantitative estimate of drug-likeness (QED) is 0.627. The first-order valence-corrected chi connectivity index (χ1v) is 9.00. The van der Waals surface area contributed by atoms with Gasteiger partial charge in [0.2, 0.25) is 0 Å². The van der Waals surface area contributed by atoms with Gasteiger partial charge in [-0.25, -0.2) is 4.57 Å². The second-order valence-corrected chi connectivity index (χ2v) is 6.79. The topological polar surface area (TPSA) is 64.1 Å². The molecule has 26 heavy (non-hydrogen) atoms. The predicted octanol–water partition coefficient (Wildman–Crippen LogP) is 4.84. The van der Waals surface area contributed by atoms with Crippen molar-refractivity contribution < 1.29 is 9.53 Å². The Morgan fingerprint density at radius 1 is 1.23 bits per heavy atom. The molecular formula is C18H14Cl2N2O3S. The first-order chi connectivity index (χ1) is 12.4. The molecule has 0 bridgehead atoms. The lowest BCUT2D eigenvalue weighted by Gasteiger charge is -2.09. The molecule has 3 aromatic rings. The van der Waals surface area contributed by atoms with Gasteiger partial charge in [-0.15, -0.1) is 0 Å². The number of carbonyl (C=O) groups is 1. The molecule has 2 aromatic carbocycles. The van der Waals surface area contributed by atoms with Crippen LogP contribution in [0.15, 0.2) is 41.2 Å². The molecule has 0 spiro atoms. The Balaban J connectivity index is 2.09. The second kappa shape index (κ2) is 7.61. The molecule has 3 rings (SSSR count). The highest BCUT2D eigenvalue weighted by Gasteiger charge is 2.16. The molecule has 0 unspecified atom stereocenters. The number of fused-ring (bicyclic) bond motifs is 1. The minimum atomic E-state index is -0.579. The Morgan fingerprint density at radius 2 is 1.92 bits per heavy atom. The highest BCUT2D eigenvalue weighted by Crippen LogP contribution is 2.24. The Labute approximate surface area is 164 Å². The van der Waals surface area contributed by atoms with Crippen molar-refractivity contribution >= 4 is 52.2 Å². The number of H-pyrrole nitrogens is 1. The van der Waals surface area contributed by atoms with Gasteiger partial charge in [-0.1, -0.05) is 30.1 Å². The summed E-state index contributed by atoms with van der Waals surface area (Å²) < 4.78 is 6.35. The standard InChI is InChI=1S/C18H14Cl2N2O3S/c1-2-7-25-12-5-3-10(4-6-12)16(23)22-17(24)13-8-11(19)9-14(20)15(13)21-18(22)26/h3-6,8-9H,2,7H2,1H3,(H,21,26). The molecule has 8 heteroatoms. The molecule has 0 saturated carbocycles. The maximum atomic E-state index is 12.8. The van der Waals surface area contributed by atoms with Gasteiger partial charge >= 0.3 is 0 Å². The van der Waals surface area contributed by atoms with E-state index in [2.05, 4.69) is 4.98 Å². The molecule has 0 radical (unpaired) electrons. The van der Waals surface area contributed by atoms with Gasteiger partial charge in [0.05, 0.1) is 22.5 Å². The van der Waals surface area contributed by atoms with Crippen LogP contribution >= 0.6 is 35.4 Å². The van der Waals surface area contributed by atoms with Crippen molar-refractivity contribution in [3.63, 3.8) is 0 Å². The third kappa shape index (κ3) is 3.53. The Kier molecular flexibility index (Phi) is 5.46. The van der Waals surface area contributed by atoms with E-state index < -0.39 is 11.5 Å². The highest BCUT2D eigenvalue weighted by molar-refractivity contribution is 7.71. The molecular weight excluding hydrogens is 395 g/mol.